The molecule has 2 atom stereocenters. The standard InChI is InChI=1S/C28H26BrN3O3/c1-18-6-2-3-9-23(18)27(34)30-24(14-19-7-4-8-22(29)13-19)28(35)31-15-20-12-21(17-31)25-10-5-11-26(33)32(25)16-20/h2-11,13-14,20-21H,12,15-17H2,1H3,(H,30,34). The molecule has 1 saturated heterocycles. The minimum absolute atomic E-state index is 0.0118. The molecule has 7 heteroatoms. The number of carbonyl (C=O) groups is 2. The van der Waals surface area contributed by atoms with Gasteiger partial charge in [-0.05, 0) is 60.7 Å². The first-order chi connectivity index (χ1) is 16.9. The number of halogens is 1. The fourth-order valence-corrected chi connectivity index (χ4v) is 5.58. The van der Waals surface area contributed by atoms with Crippen molar-refractivity contribution in [2.45, 2.75) is 25.8 Å². The van der Waals surface area contributed by atoms with Crippen molar-refractivity contribution in [3.63, 3.8) is 0 Å². The van der Waals surface area contributed by atoms with E-state index in [-0.39, 0.29) is 34.9 Å². The number of carbonyl (C=O) groups excluding carboxylic acids is 2. The van der Waals surface area contributed by atoms with Crippen LogP contribution in [0.4, 0.5) is 0 Å². The molecule has 2 bridgehead atoms. The van der Waals surface area contributed by atoms with Crippen molar-refractivity contribution < 1.29 is 9.59 Å². The van der Waals surface area contributed by atoms with Crippen molar-refractivity contribution in [2.75, 3.05) is 13.1 Å². The van der Waals surface area contributed by atoms with Gasteiger partial charge in [0.05, 0.1) is 0 Å². The lowest BCUT2D eigenvalue weighted by Gasteiger charge is -2.43. The summed E-state index contributed by atoms with van der Waals surface area (Å²) < 4.78 is 2.73. The van der Waals surface area contributed by atoms with E-state index < -0.39 is 0 Å². The number of amides is 2. The molecule has 0 saturated carbocycles. The zero-order valence-electron chi connectivity index (χ0n) is 19.4. The Labute approximate surface area is 212 Å². The molecule has 0 spiro atoms. The van der Waals surface area contributed by atoms with Crippen molar-refractivity contribution in [1.29, 1.82) is 0 Å². The summed E-state index contributed by atoms with van der Waals surface area (Å²) in [6.45, 7) is 3.54. The van der Waals surface area contributed by atoms with Crippen LogP contribution in [0.1, 0.15) is 39.5 Å². The van der Waals surface area contributed by atoms with Crippen LogP contribution in [-0.2, 0) is 11.3 Å². The molecule has 1 fully saturated rings. The van der Waals surface area contributed by atoms with Gasteiger partial charge >= 0.3 is 0 Å². The predicted molar refractivity (Wildman–Crippen MR) is 139 cm³/mol. The summed E-state index contributed by atoms with van der Waals surface area (Å²) in [7, 11) is 0. The molecule has 1 aromatic heterocycles. The molecule has 5 rings (SSSR count). The van der Waals surface area contributed by atoms with Crippen LogP contribution in [0.3, 0.4) is 0 Å². The van der Waals surface area contributed by atoms with E-state index in [2.05, 4.69) is 21.2 Å². The second-order valence-electron chi connectivity index (χ2n) is 9.29. The summed E-state index contributed by atoms with van der Waals surface area (Å²) >= 11 is 3.48. The van der Waals surface area contributed by atoms with Crippen LogP contribution >= 0.6 is 15.9 Å². The minimum atomic E-state index is -0.313. The highest BCUT2D eigenvalue weighted by molar-refractivity contribution is 9.10. The van der Waals surface area contributed by atoms with Crippen LogP contribution in [0.2, 0.25) is 0 Å². The fourth-order valence-electron chi connectivity index (χ4n) is 5.16. The molecule has 2 unspecified atom stereocenters. The molecule has 2 aromatic carbocycles. The number of nitrogens with one attached hydrogen (secondary N) is 1. The zero-order valence-corrected chi connectivity index (χ0v) is 21.0. The van der Waals surface area contributed by atoms with E-state index in [1.54, 1.807) is 24.3 Å². The SMILES string of the molecule is Cc1ccccc1C(=O)NC(=Cc1cccc(Br)c1)C(=O)N1CC2CC(C1)c1cccc(=O)n1C2. The number of aryl methyl sites for hydroxylation is 1. The smallest absolute Gasteiger partial charge is 0.270 e. The van der Waals surface area contributed by atoms with Crippen LogP contribution < -0.4 is 10.9 Å². The first-order valence-corrected chi connectivity index (χ1v) is 12.5. The van der Waals surface area contributed by atoms with Gasteiger partial charge in [-0.2, -0.15) is 0 Å². The Kier molecular flexibility index (Phi) is 6.43. The molecule has 35 heavy (non-hydrogen) atoms. The van der Waals surface area contributed by atoms with Crippen molar-refractivity contribution in [3.8, 4) is 0 Å². The maximum Gasteiger partial charge on any atom is 0.270 e. The molecule has 2 amide bonds. The van der Waals surface area contributed by atoms with Gasteiger partial charge in [0.15, 0.2) is 0 Å². The first kappa shape index (κ1) is 23.3. The number of pyridine rings is 1. The van der Waals surface area contributed by atoms with Gasteiger partial charge in [0, 0.05) is 47.3 Å². The van der Waals surface area contributed by atoms with Crippen molar-refractivity contribution in [1.82, 2.24) is 14.8 Å². The molecular weight excluding hydrogens is 506 g/mol. The quantitative estimate of drug-likeness (QED) is 0.509. The van der Waals surface area contributed by atoms with E-state index >= 15 is 0 Å². The Morgan fingerprint density at radius 2 is 1.80 bits per heavy atom. The Morgan fingerprint density at radius 1 is 1.00 bits per heavy atom. The van der Waals surface area contributed by atoms with E-state index in [1.807, 2.05) is 64.9 Å². The van der Waals surface area contributed by atoms with Crippen LogP contribution in [0.5, 0.6) is 0 Å². The average molecular weight is 532 g/mol. The first-order valence-electron chi connectivity index (χ1n) is 11.7. The number of benzene rings is 2. The Hall–Kier alpha value is -3.45. The van der Waals surface area contributed by atoms with Crippen molar-refractivity contribution in [3.05, 3.63) is 110 Å². The van der Waals surface area contributed by atoms with Gasteiger partial charge < -0.3 is 14.8 Å². The number of likely N-dealkylation sites (tertiary alicyclic amines) is 1. The number of hydrogen-bond acceptors (Lipinski definition) is 3. The zero-order chi connectivity index (χ0) is 24.5. The maximum atomic E-state index is 13.8. The van der Waals surface area contributed by atoms with Crippen LogP contribution in [0.15, 0.2) is 81.7 Å². The lowest BCUT2D eigenvalue weighted by Crippen LogP contribution is -2.50. The van der Waals surface area contributed by atoms with Crippen LogP contribution in [0.25, 0.3) is 6.08 Å². The largest absolute Gasteiger partial charge is 0.336 e. The molecule has 3 aromatic rings. The third-order valence-electron chi connectivity index (χ3n) is 6.79. The highest BCUT2D eigenvalue weighted by atomic mass is 79.9. The summed E-state index contributed by atoms with van der Waals surface area (Å²) in [5.74, 6) is -0.232. The number of hydrogen-bond donors (Lipinski definition) is 1. The average Bonchev–Trinajstić information content (AvgIpc) is 2.84. The van der Waals surface area contributed by atoms with E-state index in [1.165, 1.54) is 0 Å². The monoisotopic (exact) mass is 531 g/mol. The Balaban J connectivity index is 1.46. The molecule has 2 aliphatic heterocycles. The van der Waals surface area contributed by atoms with Crippen LogP contribution in [-0.4, -0.2) is 34.4 Å². The molecule has 178 valence electrons. The van der Waals surface area contributed by atoms with E-state index in [0.717, 1.165) is 27.7 Å². The summed E-state index contributed by atoms with van der Waals surface area (Å²) in [6, 6.07) is 20.3. The van der Waals surface area contributed by atoms with Crippen LogP contribution in [0, 0.1) is 12.8 Å². The molecular formula is C28H26BrN3O3. The topological polar surface area (TPSA) is 71.4 Å². The van der Waals surface area contributed by atoms with Gasteiger partial charge in [0.25, 0.3) is 17.4 Å². The van der Waals surface area contributed by atoms with Gasteiger partial charge in [-0.15, -0.1) is 0 Å². The summed E-state index contributed by atoms with van der Waals surface area (Å²) in [5.41, 5.74) is 3.41. The number of fused-ring (bicyclic) bond motifs is 4. The molecule has 0 aliphatic carbocycles. The second kappa shape index (κ2) is 9.66. The minimum Gasteiger partial charge on any atom is -0.336 e. The van der Waals surface area contributed by atoms with Gasteiger partial charge in [-0.25, -0.2) is 0 Å². The van der Waals surface area contributed by atoms with Gasteiger partial charge in [-0.3, -0.25) is 14.4 Å². The lowest BCUT2D eigenvalue weighted by atomic mass is 9.83. The Bertz CT molecular complexity index is 1390. The molecule has 6 nitrogen and oxygen atoms in total. The summed E-state index contributed by atoms with van der Waals surface area (Å²) in [4.78, 5) is 41.1. The normalized spacial score (nSPS) is 19.1. The molecule has 2 aliphatic rings. The molecule has 3 heterocycles. The number of aromatic nitrogens is 1. The van der Waals surface area contributed by atoms with Crippen molar-refractivity contribution in [2.24, 2.45) is 5.92 Å². The van der Waals surface area contributed by atoms with Gasteiger partial charge in [-0.1, -0.05) is 52.3 Å². The lowest BCUT2D eigenvalue weighted by molar-refractivity contribution is -0.130. The number of nitrogens with zero attached hydrogens (tertiary/aromatic N) is 2. The molecule has 0 radical (unpaired) electrons. The molecule has 1 N–H and O–H groups in total. The van der Waals surface area contributed by atoms with E-state index in [4.69, 9.17) is 0 Å². The third-order valence-corrected chi connectivity index (χ3v) is 7.29. The van der Waals surface area contributed by atoms with Crippen molar-refractivity contribution >= 4 is 33.8 Å². The third kappa shape index (κ3) is 4.86. The summed E-state index contributed by atoms with van der Waals surface area (Å²) in [5, 5.41) is 2.89. The van der Waals surface area contributed by atoms with E-state index in [0.29, 0.717) is 25.2 Å². The predicted octanol–water partition coefficient (Wildman–Crippen LogP) is 4.34. The number of rotatable bonds is 4. The highest BCUT2D eigenvalue weighted by Crippen LogP contribution is 2.35. The maximum absolute atomic E-state index is 13.8. The fraction of sp³-hybridized carbons (Fsp3) is 0.250. The summed E-state index contributed by atoms with van der Waals surface area (Å²) in [6.07, 6.45) is 2.68. The van der Waals surface area contributed by atoms with E-state index in [9.17, 15) is 14.4 Å². The highest BCUT2D eigenvalue weighted by Gasteiger charge is 2.37. The van der Waals surface area contributed by atoms with Gasteiger partial charge in [0.1, 0.15) is 5.70 Å². The number of piperidine rings is 1. The second-order valence-corrected chi connectivity index (χ2v) is 10.2. The Morgan fingerprint density at radius 3 is 2.60 bits per heavy atom. The van der Waals surface area contributed by atoms with Gasteiger partial charge in [0.2, 0.25) is 0 Å².